The molecule has 19 heavy (non-hydrogen) atoms. The first kappa shape index (κ1) is 14.2. The number of halogens is 2. The van der Waals surface area contributed by atoms with Crippen molar-refractivity contribution >= 4 is 28.4 Å². The molecule has 2 N–H and O–H groups in total. The van der Waals surface area contributed by atoms with E-state index in [9.17, 15) is 4.39 Å². The Morgan fingerprint density at radius 1 is 1.21 bits per heavy atom. The predicted octanol–water partition coefficient (Wildman–Crippen LogP) is 3.77. The van der Waals surface area contributed by atoms with Crippen LogP contribution in [-0.2, 0) is 5.41 Å². The molecule has 1 aromatic heterocycles. The third-order valence-electron chi connectivity index (χ3n) is 2.67. The van der Waals surface area contributed by atoms with Crippen LogP contribution in [0.5, 0.6) is 0 Å². The van der Waals surface area contributed by atoms with Crippen LogP contribution in [0.4, 0.5) is 10.2 Å². The molecule has 1 aromatic carbocycles. The second-order valence-corrected chi connectivity index (χ2v) is 6.43. The Morgan fingerprint density at radius 2 is 1.89 bits per heavy atom. The molecule has 0 fully saturated rings. The van der Waals surface area contributed by atoms with Gasteiger partial charge in [0.15, 0.2) is 5.82 Å². The Bertz CT molecular complexity index is 621. The minimum atomic E-state index is -0.310. The monoisotopic (exact) mass is 371 g/mol. The summed E-state index contributed by atoms with van der Waals surface area (Å²) in [6, 6.07) is 6.22. The van der Waals surface area contributed by atoms with Crippen molar-refractivity contribution in [3.63, 3.8) is 0 Å². The van der Waals surface area contributed by atoms with Crippen LogP contribution in [0.2, 0.25) is 0 Å². The average molecular weight is 371 g/mol. The largest absolute Gasteiger partial charge is 0.383 e. The van der Waals surface area contributed by atoms with Crippen molar-refractivity contribution in [1.29, 1.82) is 0 Å². The number of hydrogen-bond donors (Lipinski definition) is 1. The average Bonchev–Trinajstić information content (AvgIpc) is 2.31. The molecule has 0 saturated heterocycles. The summed E-state index contributed by atoms with van der Waals surface area (Å²) < 4.78 is 14.1. The molecular weight excluding hydrogens is 356 g/mol. The van der Waals surface area contributed by atoms with Gasteiger partial charge in [0, 0.05) is 11.0 Å². The lowest BCUT2D eigenvalue weighted by atomic mass is 9.92. The molecular formula is C14H15FIN3. The molecule has 0 spiro atoms. The van der Waals surface area contributed by atoms with Crippen molar-refractivity contribution in [1.82, 2.24) is 9.97 Å². The Labute approximate surface area is 125 Å². The van der Waals surface area contributed by atoms with Crippen molar-refractivity contribution in [2.45, 2.75) is 26.2 Å². The molecule has 0 bridgehead atoms. The molecule has 2 aromatic rings. The highest BCUT2D eigenvalue weighted by Crippen LogP contribution is 2.30. The summed E-state index contributed by atoms with van der Waals surface area (Å²) in [6.45, 7) is 6.19. The van der Waals surface area contributed by atoms with Gasteiger partial charge in [0.05, 0.1) is 9.26 Å². The van der Waals surface area contributed by atoms with Crippen LogP contribution in [0.15, 0.2) is 24.3 Å². The van der Waals surface area contributed by atoms with Gasteiger partial charge < -0.3 is 5.73 Å². The normalized spacial score (nSPS) is 11.6. The molecule has 0 saturated carbocycles. The van der Waals surface area contributed by atoms with E-state index in [4.69, 9.17) is 5.73 Å². The summed E-state index contributed by atoms with van der Waals surface area (Å²) in [5.74, 6) is 0.581. The Balaban J connectivity index is 2.63. The second kappa shape index (κ2) is 5.03. The van der Waals surface area contributed by atoms with E-state index in [0.29, 0.717) is 17.2 Å². The second-order valence-electron chi connectivity index (χ2n) is 5.36. The fourth-order valence-corrected chi connectivity index (χ4v) is 2.77. The SMILES string of the molecule is CC(C)(C)c1nc(-c2cccc(F)c2)nc(N)c1I. The maximum absolute atomic E-state index is 13.3. The van der Waals surface area contributed by atoms with Gasteiger partial charge in [-0.05, 0) is 34.7 Å². The van der Waals surface area contributed by atoms with Crippen LogP contribution < -0.4 is 5.73 Å². The third kappa shape index (κ3) is 3.02. The van der Waals surface area contributed by atoms with Gasteiger partial charge in [-0.25, -0.2) is 14.4 Å². The van der Waals surface area contributed by atoms with Gasteiger partial charge in [-0.1, -0.05) is 32.9 Å². The van der Waals surface area contributed by atoms with Crippen molar-refractivity contribution in [2.24, 2.45) is 0 Å². The lowest BCUT2D eigenvalue weighted by Crippen LogP contribution is -2.18. The molecule has 3 nitrogen and oxygen atoms in total. The highest BCUT2D eigenvalue weighted by Gasteiger charge is 2.22. The number of benzene rings is 1. The van der Waals surface area contributed by atoms with Gasteiger partial charge in [0.1, 0.15) is 11.6 Å². The zero-order chi connectivity index (χ0) is 14.2. The van der Waals surface area contributed by atoms with Crippen LogP contribution in [-0.4, -0.2) is 9.97 Å². The van der Waals surface area contributed by atoms with Gasteiger partial charge in [-0.3, -0.25) is 0 Å². The lowest BCUT2D eigenvalue weighted by molar-refractivity contribution is 0.564. The summed E-state index contributed by atoms with van der Waals surface area (Å²) in [5, 5.41) is 0. The Hall–Kier alpha value is -1.24. The highest BCUT2D eigenvalue weighted by atomic mass is 127. The molecule has 0 atom stereocenters. The summed E-state index contributed by atoms with van der Waals surface area (Å²) in [7, 11) is 0. The minimum absolute atomic E-state index is 0.143. The van der Waals surface area contributed by atoms with E-state index < -0.39 is 0 Å². The first-order valence-corrected chi connectivity index (χ1v) is 6.96. The third-order valence-corrected chi connectivity index (χ3v) is 3.73. The first-order valence-electron chi connectivity index (χ1n) is 5.88. The van der Waals surface area contributed by atoms with Crippen LogP contribution in [0.25, 0.3) is 11.4 Å². The summed E-state index contributed by atoms with van der Waals surface area (Å²) in [4.78, 5) is 8.80. The van der Waals surface area contributed by atoms with E-state index in [1.54, 1.807) is 12.1 Å². The van der Waals surface area contributed by atoms with Crippen LogP contribution in [0.3, 0.4) is 0 Å². The molecule has 1 heterocycles. The fourth-order valence-electron chi connectivity index (χ4n) is 1.72. The van der Waals surface area contributed by atoms with E-state index >= 15 is 0 Å². The highest BCUT2D eigenvalue weighted by molar-refractivity contribution is 14.1. The molecule has 0 amide bonds. The predicted molar refractivity (Wildman–Crippen MR) is 83.3 cm³/mol. The zero-order valence-corrected chi connectivity index (χ0v) is 13.2. The molecule has 0 aliphatic carbocycles. The first-order chi connectivity index (χ1) is 8.79. The van der Waals surface area contributed by atoms with E-state index in [0.717, 1.165) is 9.26 Å². The summed E-state index contributed by atoms with van der Waals surface area (Å²) >= 11 is 2.15. The molecule has 2 rings (SSSR count). The summed E-state index contributed by atoms with van der Waals surface area (Å²) in [6.07, 6.45) is 0. The van der Waals surface area contributed by atoms with Crippen molar-refractivity contribution in [2.75, 3.05) is 5.73 Å². The quantitative estimate of drug-likeness (QED) is 0.777. The van der Waals surface area contributed by atoms with Gasteiger partial charge >= 0.3 is 0 Å². The molecule has 5 heteroatoms. The lowest BCUT2D eigenvalue weighted by Gasteiger charge is -2.20. The molecule has 0 aliphatic heterocycles. The van der Waals surface area contributed by atoms with Crippen LogP contribution >= 0.6 is 22.6 Å². The number of rotatable bonds is 1. The smallest absolute Gasteiger partial charge is 0.161 e. The van der Waals surface area contributed by atoms with Crippen molar-refractivity contribution < 1.29 is 4.39 Å². The minimum Gasteiger partial charge on any atom is -0.383 e. The Kier molecular flexibility index (Phi) is 3.75. The van der Waals surface area contributed by atoms with Crippen LogP contribution in [0.1, 0.15) is 26.5 Å². The van der Waals surface area contributed by atoms with E-state index in [-0.39, 0.29) is 11.2 Å². The summed E-state index contributed by atoms with van der Waals surface area (Å²) in [5.41, 5.74) is 7.31. The zero-order valence-electron chi connectivity index (χ0n) is 11.0. The van der Waals surface area contributed by atoms with Gasteiger partial charge in [0.2, 0.25) is 0 Å². The molecule has 0 radical (unpaired) electrons. The van der Waals surface area contributed by atoms with E-state index in [1.165, 1.54) is 12.1 Å². The molecule has 100 valence electrons. The fraction of sp³-hybridized carbons (Fsp3) is 0.286. The van der Waals surface area contributed by atoms with Crippen molar-refractivity contribution in [3.8, 4) is 11.4 Å². The van der Waals surface area contributed by atoms with E-state index in [1.807, 2.05) is 0 Å². The number of nitrogen functional groups attached to an aromatic ring is 1. The molecule has 0 unspecified atom stereocenters. The maximum atomic E-state index is 13.3. The number of hydrogen-bond acceptors (Lipinski definition) is 3. The standard InChI is InChI=1S/C14H15FIN3/c1-14(2,3)11-10(16)12(17)19-13(18-11)8-5-4-6-9(15)7-8/h4-7H,1-3H3,(H2,17,18,19). The van der Waals surface area contributed by atoms with Crippen molar-refractivity contribution in [3.05, 3.63) is 39.3 Å². The van der Waals surface area contributed by atoms with Gasteiger partial charge in [-0.15, -0.1) is 0 Å². The topological polar surface area (TPSA) is 51.8 Å². The van der Waals surface area contributed by atoms with Gasteiger partial charge in [0.25, 0.3) is 0 Å². The number of anilines is 1. The number of aromatic nitrogens is 2. The van der Waals surface area contributed by atoms with E-state index in [2.05, 4.69) is 53.3 Å². The number of nitrogens with two attached hydrogens (primary N) is 1. The number of nitrogens with zero attached hydrogens (tertiary/aromatic N) is 2. The maximum Gasteiger partial charge on any atom is 0.161 e. The van der Waals surface area contributed by atoms with Crippen LogP contribution in [0, 0.1) is 9.39 Å². The molecule has 0 aliphatic rings. The van der Waals surface area contributed by atoms with Gasteiger partial charge in [-0.2, -0.15) is 0 Å². The Morgan fingerprint density at radius 3 is 2.47 bits per heavy atom.